The van der Waals surface area contributed by atoms with Gasteiger partial charge in [0, 0.05) is 27.5 Å². The number of hydrogen-bond acceptors (Lipinski definition) is 4. The van der Waals surface area contributed by atoms with Crippen molar-refractivity contribution >= 4 is 65.9 Å². The van der Waals surface area contributed by atoms with E-state index in [-0.39, 0.29) is 6.04 Å². The molecule has 3 heterocycles. The predicted octanol–water partition coefficient (Wildman–Crippen LogP) is 12.9. The molecule has 1 atom stereocenters. The lowest BCUT2D eigenvalue weighted by molar-refractivity contribution is 0.672. The van der Waals surface area contributed by atoms with Gasteiger partial charge in [-0.1, -0.05) is 146 Å². The van der Waals surface area contributed by atoms with Gasteiger partial charge >= 0.3 is 0 Å². The zero-order valence-electron chi connectivity index (χ0n) is 29.8. The number of benzene rings is 8. The van der Waals surface area contributed by atoms with Gasteiger partial charge in [-0.15, -0.1) is 0 Å². The number of fused-ring (bicyclic) bond motifs is 8. The van der Waals surface area contributed by atoms with E-state index in [0.717, 1.165) is 66.8 Å². The first-order valence-electron chi connectivity index (χ1n) is 18.7. The molecule has 0 spiro atoms. The van der Waals surface area contributed by atoms with E-state index in [9.17, 15) is 0 Å². The minimum Gasteiger partial charge on any atom is -0.455 e. The molecule has 8 aromatic carbocycles. The lowest BCUT2D eigenvalue weighted by atomic mass is 9.93. The van der Waals surface area contributed by atoms with Crippen LogP contribution in [0.2, 0.25) is 0 Å². The highest BCUT2D eigenvalue weighted by Crippen LogP contribution is 2.41. The molecule has 258 valence electrons. The fourth-order valence-electron chi connectivity index (χ4n) is 8.21. The van der Waals surface area contributed by atoms with Gasteiger partial charge in [0.2, 0.25) is 0 Å². The van der Waals surface area contributed by atoms with Gasteiger partial charge in [0.15, 0.2) is 0 Å². The highest BCUT2D eigenvalue weighted by Gasteiger charge is 2.22. The summed E-state index contributed by atoms with van der Waals surface area (Å²) in [6.07, 6.45) is 2.23. The Kier molecular flexibility index (Phi) is 7.20. The van der Waals surface area contributed by atoms with Crippen molar-refractivity contribution in [1.29, 1.82) is 0 Å². The second kappa shape index (κ2) is 12.7. The molecule has 0 saturated heterocycles. The lowest BCUT2D eigenvalue weighted by Gasteiger charge is -2.24. The standard InChI is InChI=1S/C51H33N3O/c1-3-13-33(14-4-1)45-31-46(37-27-28-47-43(30-37)48-49(34-15-5-2-6-16-34)52-44-22-12-11-21-41(44)50(48)55-47)54-51(53-45)35-25-23-32(24-26-35)42-29-36-17-7-8-18-38(36)39-19-9-10-20-40(39)42/h1-31,45H,(H,53,54). The van der Waals surface area contributed by atoms with Gasteiger partial charge in [0.1, 0.15) is 17.0 Å². The van der Waals surface area contributed by atoms with Gasteiger partial charge in [-0.05, 0) is 80.7 Å². The van der Waals surface area contributed by atoms with Crippen molar-refractivity contribution < 1.29 is 4.42 Å². The van der Waals surface area contributed by atoms with Crippen LogP contribution >= 0.6 is 0 Å². The summed E-state index contributed by atoms with van der Waals surface area (Å²) in [6, 6.07) is 63.9. The number of para-hydroxylation sites is 1. The van der Waals surface area contributed by atoms with Crippen LogP contribution in [0.5, 0.6) is 0 Å². The number of aliphatic imine (C=N–C) groups is 1. The van der Waals surface area contributed by atoms with E-state index in [0.29, 0.717) is 0 Å². The largest absolute Gasteiger partial charge is 0.455 e. The van der Waals surface area contributed by atoms with Crippen molar-refractivity contribution in [2.24, 2.45) is 4.99 Å². The average Bonchev–Trinajstić information content (AvgIpc) is 3.66. The van der Waals surface area contributed by atoms with Crippen molar-refractivity contribution in [1.82, 2.24) is 10.3 Å². The van der Waals surface area contributed by atoms with E-state index in [1.165, 1.54) is 38.2 Å². The molecule has 0 amide bonds. The molecule has 0 aliphatic carbocycles. The van der Waals surface area contributed by atoms with E-state index >= 15 is 0 Å². The Morgan fingerprint density at radius 3 is 1.96 bits per heavy atom. The van der Waals surface area contributed by atoms with Crippen molar-refractivity contribution in [3.05, 3.63) is 205 Å². The van der Waals surface area contributed by atoms with Crippen molar-refractivity contribution in [3.63, 3.8) is 0 Å². The number of hydrogen-bond donors (Lipinski definition) is 1. The Balaban J connectivity index is 1.05. The number of rotatable bonds is 5. The van der Waals surface area contributed by atoms with Gasteiger partial charge in [-0.3, -0.25) is 0 Å². The molecule has 11 rings (SSSR count). The monoisotopic (exact) mass is 703 g/mol. The molecule has 0 saturated carbocycles. The van der Waals surface area contributed by atoms with Crippen LogP contribution in [-0.4, -0.2) is 10.8 Å². The molecular formula is C51H33N3O. The third kappa shape index (κ3) is 5.30. The number of furan rings is 1. The summed E-state index contributed by atoms with van der Waals surface area (Å²) in [5, 5.41) is 11.8. The molecular weight excluding hydrogens is 671 g/mol. The molecule has 0 fully saturated rings. The Bertz CT molecular complexity index is 3160. The molecule has 2 aromatic heterocycles. The van der Waals surface area contributed by atoms with Crippen LogP contribution in [0.15, 0.2) is 197 Å². The summed E-state index contributed by atoms with van der Waals surface area (Å²) in [6.45, 7) is 0. The number of amidine groups is 1. The van der Waals surface area contributed by atoms with Gasteiger partial charge in [0.25, 0.3) is 0 Å². The fourth-order valence-corrected chi connectivity index (χ4v) is 8.21. The molecule has 55 heavy (non-hydrogen) atoms. The molecule has 4 nitrogen and oxygen atoms in total. The maximum absolute atomic E-state index is 6.64. The van der Waals surface area contributed by atoms with Crippen LogP contribution in [0, 0.1) is 0 Å². The first-order chi connectivity index (χ1) is 27.2. The van der Waals surface area contributed by atoms with E-state index in [4.69, 9.17) is 14.4 Å². The van der Waals surface area contributed by atoms with Crippen LogP contribution in [0.4, 0.5) is 0 Å². The zero-order chi connectivity index (χ0) is 36.3. The summed E-state index contributed by atoms with van der Waals surface area (Å²) in [5.74, 6) is 0.830. The van der Waals surface area contributed by atoms with Crippen molar-refractivity contribution in [2.45, 2.75) is 6.04 Å². The third-order valence-electron chi connectivity index (χ3n) is 10.9. The Labute approximate surface area is 317 Å². The maximum atomic E-state index is 6.64. The van der Waals surface area contributed by atoms with Gasteiger partial charge in [-0.2, -0.15) is 0 Å². The normalized spacial score (nSPS) is 14.4. The quantitative estimate of drug-likeness (QED) is 0.182. The SMILES string of the molecule is C1=C(c2ccc3oc4c5ccccc5nc(-c5ccccc5)c4c3c2)N=C(c2ccc(-c3cc4ccccc4c4ccccc34)cc2)NC1c1ccccc1. The second-order valence-electron chi connectivity index (χ2n) is 14.2. The Morgan fingerprint density at radius 2 is 1.15 bits per heavy atom. The van der Waals surface area contributed by atoms with E-state index in [1.807, 2.05) is 18.2 Å². The zero-order valence-corrected chi connectivity index (χ0v) is 29.8. The topological polar surface area (TPSA) is 50.4 Å². The molecule has 10 aromatic rings. The van der Waals surface area contributed by atoms with Gasteiger partial charge in [-0.25, -0.2) is 9.98 Å². The van der Waals surface area contributed by atoms with Crippen molar-refractivity contribution in [3.8, 4) is 22.4 Å². The summed E-state index contributed by atoms with van der Waals surface area (Å²) in [7, 11) is 0. The number of pyridine rings is 1. The van der Waals surface area contributed by atoms with E-state index in [2.05, 4.69) is 175 Å². The van der Waals surface area contributed by atoms with Gasteiger partial charge in [0.05, 0.1) is 28.3 Å². The summed E-state index contributed by atoms with van der Waals surface area (Å²) in [4.78, 5) is 10.5. The number of nitrogens with zero attached hydrogens (tertiary/aromatic N) is 2. The molecule has 1 unspecified atom stereocenters. The minimum absolute atomic E-state index is 0.0740. The van der Waals surface area contributed by atoms with E-state index < -0.39 is 0 Å². The first kappa shape index (κ1) is 31.2. The summed E-state index contributed by atoms with van der Waals surface area (Å²) >= 11 is 0. The number of aromatic nitrogens is 1. The summed E-state index contributed by atoms with van der Waals surface area (Å²) < 4.78 is 6.64. The lowest BCUT2D eigenvalue weighted by Crippen LogP contribution is -2.31. The third-order valence-corrected chi connectivity index (χ3v) is 10.9. The first-order valence-corrected chi connectivity index (χ1v) is 18.7. The summed E-state index contributed by atoms with van der Waals surface area (Å²) in [5.41, 5.74) is 11.1. The highest BCUT2D eigenvalue weighted by atomic mass is 16.3. The van der Waals surface area contributed by atoms with Crippen LogP contribution < -0.4 is 5.32 Å². The van der Waals surface area contributed by atoms with Crippen LogP contribution in [0.25, 0.3) is 82.5 Å². The molecule has 1 N–H and O–H groups in total. The van der Waals surface area contributed by atoms with E-state index in [1.54, 1.807) is 0 Å². The van der Waals surface area contributed by atoms with Crippen LogP contribution in [-0.2, 0) is 0 Å². The highest BCUT2D eigenvalue weighted by molar-refractivity contribution is 6.20. The molecule has 1 aliphatic heterocycles. The predicted molar refractivity (Wildman–Crippen MR) is 228 cm³/mol. The molecule has 1 aliphatic rings. The Hall–Kier alpha value is -7.30. The maximum Gasteiger partial charge on any atom is 0.147 e. The smallest absolute Gasteiger partial charge is 0.147 e. The average molecular weight is 704 g/mol. The fraction of sp³-hybridized carbons (Fsp3) is 0.0196. The second-order valence-corrected chi connectivity index (χ2v) is 14.2. The molecule has 0 bridgehead atoms. The van der Waals surface area contributed by atoms with Gasteiger partial charge < -0.3 is 9.73 Å². The molecule has 0 radical (unpaired) electrons. The molecule has 4 heteroatoms. The van der Waals surface area contributed by atoms with Crippen LogP contribution in [0.3, 0.4) is 0 Å². The minimum atomic E-state index is -0.0740. The number of nitrogens with one attached hydrogen (secondary N) is 1. The van der Waals surface area contributed by atoms with Crippen molar-refractivity contribution in [2.75, 3.05) is 0 Å². The van der Waals surface area contributed by atoms with Crippen LogP contribution in [0.1, 0.15) is 22.7 Å². The Morgan fingerprint density at radius 1 is 0.491 bits per heavy atom.